The van der Waals surface area contributed by atoms with Crippen LogP contribution in [-0.2, 0) is 4.74 Å². The number of aromatic nitrogens is 1. The molecule has 1 aromatic rings. The van der Waals surface area contributed by atoms with Crippen molar-refractivity contribution in [1.29, 1.82) is 0 Å². The highest BCUT2D eigenvalue weighted by atomic mass is 32.1. The summed E-state index contributed by atoms with van der Waals surface area (Å²) in [5.74, 6) is 0.0227. The minimum Gasteiger partial charge on any atom is -0.375 e. The van der Waals surface area contributed by atoms with Gasteiger partial charge in [-0.1, -0.05) is 0 Å². The third-order valence-corrected chi connectivity index (χ3v) is 3.14. The molecule has 1 saturated heterocycles. The summed E-state index contributed by atoms with van der Waals surface area (Å²) in [6.45, 7) is 5.83. The first-order valence-corrected chi connectivity index (χ1v) is 5.88. The van der Waals surface area contributed by atoms with Crippen LogP contribution in [0.1, 0.15) is 22.4 Å². The lowest BCUT2D eigenvalue weighted by molar-refractivity contribution is -0.0126. The monoisotopic (exact) mass is 226 g/mol. The number of aryl methyl sites for hydroxylation is 1. The molecule has 15 heavy (non-hydrogen) atoms. The van der Waals surface area contributed by atoms with Gasteiger partial charge in [-0.3, -0.25) is 4.79 Å². The van der Waals surface area contributed by atoms with Gasteiger partial charge in [0.25, 0.3) is 5.91 Å². The molecule has 1 atom stereocenters. The van der Waals surface area contributed by atoms with Gasteiger partial charge in [-0.2, -0.15) is 0 Å². The largest absolute Gasteiger partial charge is 0.375 e. The number of amides is 1. The van der Waals surface area contributed by atoms with Crippen LogP contribution in [0, 0.1) is 6.92 Å². The molecule has 82 valence electrons. The highest BCUT2D eigenvalue weighted by Gasteiger charge is 2.23. The van der Waals surface area contributed by atoms with Crippen molar-refractivity contribution in [3.63, 3.8) is 0 Å². The Morgan fingerprint density at radius 3 is 3.13 bits per heavy atom. The molecule has 0 spiro atoms. The molecule has 5 heteroatoms. The smallest absolute Gasteiger partial charge is 0.273 e. The molecule has 0 radical (unpaired) electrons. The van der Waals surface area contributed by atoms with Gasteiger partial charge in [-0.25, -0.2) is 4.98 Å². The number of morpholine rings is 1. The first kappa shape index (κ1) is 10.6. The van der Waals surface area contributed by atoms with Gasteiger partial charge < -0.3 is 9.64 Å². The Morgan fingerprint density at radius 1 is 1.73 bits per heavy atom. The van der Waals surface area contributed by atoms with Crippen molar-refractivity contribution >= 4 is 17.2 Å². The quantitative estimate of drug-likeness (QED) is 0.725. The van der Waals surface area contributed by atoms with Crippen LogP contribution in [0.5, 0.6) is 0 Å². The average molecular weight is 226 g/mol. The van der Waals surface area contributed by atoms with Crippen LogP contribution in [0.4, 0.5) is 0 Å². The summed E-state index contributed by atoms with van der Waals surface area (Å²) < 4.78 is 5.39. The normalized spacial score (nSPS) is 21.7. The molecule has 2 rings (SSSR count). The molecule has 0 bridgehead atoms. The van der Waals surface area contributed by atoms with Gasteiger partial charge in [0.2, 0.25) is 0 Å². The van der Waals surface area contributed by atoms with Crippen LogP contribution in [0.25, 0.3) is 0 Å². The Balaban J connectivity index is 2.07. The van der Waals surface area contributed by atoms with Crippen LogP contribution in [0.3, 0.4) is 0 Å². The van der Waals surface area contributed by atoms with Crippen LogP contribution in [0.15, 0.2) is 5.38 Å². The second-order valence-corrected chi connectivity index (χ2v) is 4.75. The molecule has 1 amide bonds. The minimum atomic E-state index is 0.0227. The van der Waals surface area contributed by atoms with E-state index in [1.165, 1.54) is 11.3 Å². The van der Waals surface area contributed by atoms with E-state index in [2.05, 4.69) is 4.98 Å². The third kappa shape index (κ3) is 2.35. The summed E-state index contributed by atoms with van der Waals surface area (Å²) in [6, 6.07) is 0. The number of ether oxygens (including phenoxy) is 1. The topological polar surface area (TPSA) is 42.4 Å². The van der Waals surface area contributed by atoms with E-state index in [1.54, 1.807) is 0 Å². The second kappa shape index (κ2) is 4.28. The first-order chi connectivity index (χ1) is 7.16. The van der Waals surface area contributed by atoms with E-state index in [9.17, 15) is 4.79 Å². The van der Waals surface area contributed by atoms with Crippen molar-refractivity contribution in [2.24, 2.45) is 0 Å². The van der Waals surface area contributed by atoms with E-state index in [-0.39, 0.29) is 12.0 Å². The summed E-state index contributed by atoms with van der Waals surface area (Å²) in [5, 5.41) is 2.75. The summed E-state index contributed by atoms with van der Waals surface area (Å²) in [5.41, 5.74) is 0.562. The highest BCUT2D eigenvalue weighted by molar-refractivity contribution is 7.09. The summed E-state index contributed by atoms with van der Waals surface area (Å²) >= 11 is 1.51. The van der Waals surface area contributed by atoms with Gasteiger partial charge in [0.1, 0.15) is 5.69 Å². The lowest BCUT2D eigenvalue weighted by Crippen LogP contribution is -2.44. The van der Waals surface area contributed by atoms with E-state index in [1.807, 2.05) is 24.1 Å². The Hall–Kier alpha value is -0.940. The zero-order valence-corrected chi connectivity index (χ0v) is 9.71. The molecular weight excluding hydrogens is 212 g/mol. The van der Waals surface area contributed by atoms with Gasteiger partial charge in [0.05, 0.1) is 17.7 Å². The molecule has 1 aromatic heterocycles. The predicted molar refractivity (Wildman–Crippen MR) is 58.2 cm³/mol. The van der Waals surface area contributed by atoms with Crippen molar-refractivity contribution in [3.05, 3.63) is 16.1 Å². The van der Waals surface area contributed by atoms with Gasteiger partial charge in [-0.15, -0.1) is 11.3 Å². The third-order valence-electron chi connectivity index (χ3n) is 2.37. The summed E-state index contributed by atoms with van der Waals surface area (Å²) in [6.07, 6.45) is 0.127. The maximum atomic E-state index is 12.0. The van der Waals surface area contributed by atoms with Gasteiger partial charge in [0.15, 0.2) is 0 Å². The van der Waals surface area contributed by atoms with Gasteiger partial charge in [0, 0.05) is 18.5 Å². The molecule has 0 N–H and O–H groups in total. The summed E-state index contributed by atoms with van der Waals surface area (Å²) in [7, 11) is 0. The SMILES string of the molecule is Cc1nc(C(=O)N2CCOC(C)C2)cs1. The van der Waals surface area contributed by atoms with Crippen LogP contribution >= 0.6 is 11.3 Å². The standard InChI is InChI=1S/C10H14N2O2S/c1-7-5-12(3-4-14-7)10(13)9-6-15-8(2)11-9/h6-7H,3-5H2,1-2H3. The number of carbonyl (C=O) groups is 1. The first-order valence-electron chi connectivity index (χ1n) is 5.00. The van der Waals surface area contributed by atoms with Gasteiger partial charge in [-0.05, 0) is 13.8 Å². The maximum Gasteiger partial charge on any atom is 0.273 e. The van der Waals surface area contributed by atoms with E-state index in [4.69, 9.17) is 4.74 Å². The van der Waals surface area contributed by atoms with E-state index in [0.717, 1.165) is 5.01 Å². The number of hydrogen-bond donors (Lipinski definition) is 0. The fourth-order valence-electron chi connectivity index (χ4n) is 1.63. The number of rotatable bonds is 1. The average Bonchev–Trinajstić information content (AvgIpc) is 2.64. The molecule has 4 nitrogen and oxygen atoms in total. The lowest BCUT2D eigenvalue weighted by atomic mass is 10.3. The van der Waals surface area contributed by atoms with E-state index in [0.29, 0.717) is 25.4 Å². The Labute approximate surface area is 92.9 Å². The maximum absolute atomic E-state index is 12.0. The number of thiazole rings is 1. The zero-order chi connectivity index (χ0) is 10.8. The van der Waals surface area contributed by atoms with Crippen LogP contribution < -0.4 is 0 Å². The fraction of sp³-hybridized carbons (Fsp3) is 0.600. The number of carbonyl (C=O) groups excluding carboxylic acids is 1. The second-order valence-electron chi connectivity index (χ2n) is 3.68. The van der Waals surface area contributed by atoms with Crippen LogP contribution in [-0.4, -0.2) is 41.6 Å². The molecule has 1 aliphatic rings. The predicted octanol–water partition coefficient (Wildman–Crippen LogP) is 1.31. The highest BCUT2D eigenvalue weighted by Crippen LogP contribution is 2.13. The Morgan fingerprint density at radius 2 is 2.53 bits per heavy atom. The van der Waals surface area contributed by atoms with E-state index >= 15 is 0 Å². The van der Waals surface area contributed by atoms with Crippen molar-refractivity contribution in [2.45, 2.75) is 20.0 Å². The Kier molecular flexibility index (Phi) is 3.02. The number of nitrogens with zero attached hydrogens (tertiary/aromatic N) is 2. The van der Waals surface area contributed by atoms with E-state index < -0.39 is 0 Å². The zero-order valence-electron chi connectivity index (χ0n) is 8.90. The lowest BCUT2D eigenvalue weighted by Gasteiger charge is -2.30. The number of hydrogen-bond acceptors (Lipinski definition) is 4. The molecule has 0 saturated carbocycles. The van der Waals surface area contributed by atoms with Crippen molar-refractivity contribution in [1.82, 2.24) is 9.88 Å². The van der Waals surface area contributed by atoms with Crippen molar-refractivity contribution in [2.75, 3.05) is 19.7 Å². The molecule has 1 unspecified atom stereocenters. The molecule has 0 aliphatic carbocycles. The molecule has 0 aromatic carbocycles. The minimum absolute atomic E-state index is 0.0227. The molecular formula is C10H14N2O2S. The Bertz CT molecular complexity index is 364. The van der Waals surface area contributed by atoms with Crippen molar-refractivity contribution in [3.8, 4) is 0 Å². The van der Waals surface area contributed by atoms with Crippen LogP contribution in [0.2, 0.25) is 0 Å². The van der Waals surface area contributed by atoms with Gasteiger partial charge >= 0.3 is 0 Å². The fourth-order valence-corrected chi connectivity index (χ4v) is 2.21. The molecule has 2 heterocycles. The molecule has 1 aliphatic heterocycles. The summed E-state index contributed by atoms with van der Waals surface area (Å²) in [4.78, 5) is 18.0. The molecule has 1 fully saturated rings. The van der Waals surface area contributed by atoms with Crippen molar-refractivity contribution < 1.29 is 9.53 Å².